The van der Waals surface area contributed by atoms with E-state index >= 15 is 0 Å². The molecule has 2 rings (SSSR count). The third kappa shape index (κ3) is 7.01. The SMILES string of the molecule is CC(=O)OC(=C(NC(=O)[N+]1(C(=O)[C@@H](NC(=O)N2CCOCC2)C(C)C)CCC[C@H]1C)C(C)C)C(F)(F)F. The first-order valence-corrected chi connectivity index (χ1v) is 12.5. The Labute approximate surface area is 215 Å². The van der Waals surface area contributed by atoms with E-state index in [0.717, 1.165) is 6.92 Å². The number of alkyl halides is 3. The van der Waals surface area contributed by atoms with Crippen LogP contribution in [-0.2, 0) is 19.1 Å². The Morgan fingerprint density at radius 1 is 1.08 bits per heavy atom. The molecule has 5 amide bonds. The van der Waals surface area contributed by atoms with Crippen LogP contribution in [0.4, 0.5) is 22.8 Å². The summed E-state index contributed by atoms with van der Waals surface area (Å²) in [5.41, 5.74) is -0.643. The monoisotopic (exact) mass is 535 g/mol. The number of rotatable bonds is 6. The van der Waals surface area contributed by atoms with E-state index in [1.807, 2.05) is 0 Å². The third-order valence-corrected chi connectivity index (χ3v) is 6.72. The van der Waals surface area contributed by atoms with Crippen molar-refractivity contribution in [2.45, 2.75) is 72.6 Å². The number of carbonyl (C=O) groups is 4. The van der Waals surface area contributed by atoms with Crippen molar-refractivity contribution in [3.8, 4) is 0 Å². The highest BCUT2D eigenvalue weighted by Gasteiger charge is 2.56. The zero-order valence-corrected chi connectivity index (χ0v) is 22.2. The van der Waals surface area contributed by atoms with Crippen molar-refractivity contribution in [2.24, 2.45) is 11.8 Å². The maximum Gasteiger partial charge on any atom is 0.451 e. The minimum Gasteiger partial charge on any atom is -0.420 e. The maximum absolute atomic E-state index is 14.0. The molecule has 37 heavy (non-hydrogen) atoms. The second-order valence-electron chi connectivity index (χ2n) is 10.1. The fourth-order valence-electron chi connectivity index (χ4n) is 4.65. The molecule has 2 aliphatic rings. The van der Waals surface area contributed by atoms with Crippen LogP contribution < -0.4 is 10.6 Å². The van der Waals surface area contributed by atoms with Gasteiger partial charge in [0.05, 0.1) is 25.5 Å². The van der Waals surface area contributed by atoms with Crippen molar-refractivity contribution in [1.29, 1.82) is 0 Å². The Bertz CT molecular complexity index is 915. The van der Waals surface area contributed by atoms with Gasteiger partial charge >= 0.3 is 30.1 Å². The Kier molecular flexibility index (Phi) is 10.1. The van der Waals surface area contributed by atoms with Crippen molar-refractivity contribution in [3.05, 3.63) is 11.5 Å². The van der Waals surface area contributed by atoms with Crippen LogP contribution in [0.1, 0.15) is 54.4 Å². The second-order valence-corrected chi connectivity index (χ2v) is 10.1. The summed E-state index contributed by atoms with van der Waals surface area (Å²) in [4.78, 5) is 53.5. The number of hydrogen-bond donors (Lipinski definition) is 2. The molecule has 2 saturated heterocycles. The summed E-state index contributed by atoms with van der Waals surface area (Å²) in [7, 11) is 0. The Morgan fingerprint density at radius 2 is 1.68 bits per heavy atom. The van der Waals surface area contributed by atoms with Gasteiger partial charge in [-0.25, -0.2) is 14.4 Å². The molecule has 3 atom stereocenters. The standard InChI is InChI=1S/C24H37F3N4O6/c1-14(2)18(20(24(25,26)27)37-17(6)32)29-23(35)31(11-7-8-16(31)5)21(33)19(15(3)4)28-22(34)30-9-12-36-13-10-30/h14-16,19H,7-13H2,1-6H3,(H-,28,29,34,35)/p+1/t16-,19+,31?/m1/s1. The number of amides is 5. The van der Waals surface area contributed by atoms with E-state index < -0.39 is 70.0 Å². The lowest BCUT2D eigenvalue weighted by Crippen LogP contribution is -2.68. The van der Waals surface area contributed by atoms with Gasteiger partial charge in [0.1, 0.15) is 12.1 Å². The number of halogens is 3. The van der Waals surface area contributed by atoms with Crippen LogP contribution >= 0.6 is 0 Å². The highest BCUT2D eigenvalue weighted by atomic mass is 19.4. The maximum atomic E-state index is 14.0. The predicted molar refractivity (Wildman–Crippen MR) is 127 cm³/mol. The van der Waals surface area contributed by atoms with Crippen LogP contribution in [0.3, 0.4) is 0 Å². The average Bonchev–Trinajstić information content (AvgIpc) is 3.20. The average molecular weight is 536 g/mol. The summed E-state index contributed by atoms with van der Waals surface area (Å²) >= 11 is 0. The largest absolute Gasteiger partial charge is 0.451 e. The zero-order chi connectivity index (χ0) is 28.1. The van der Waals surface area contributed by atoms with Gasteiger partial charge in [0.2, 0.25) is 5.76 Å². The van der Waals surface area contributed by atoms with Crippen molar-refractivity contribution < 1.29 is 46.3 Å². The summed E-state index contributed by atoms with van der Waals surface area (Å²) in [6, 6.07) is -3.05. The van der Waals surface area contributed by atoms with Crippen LogP contribution in [0.15, 0.2) is 11.5 Å². The minimum atomic E-state index is -5.06. The van der Waals surface area contributed by atoms with E-state index in [1.54, 1.807) is 20.8 Å². The number of nitrogens with zero attached hydrogens (tertiary/aromatic N) is 2. The molecule has 2 N–H and O–H groups in total. The molecule has 13 heteroatoms. The summed E-state index contributed by atoms with van der Waals surface area (Å²) in [6.07, 6.45) is -4.09. The predicted octanol–water partition coefficient (Wildman–Crippen LogP) is 3.28. The van der Waals surface area contributed by atoms with E-state index in [0.29, 0.717) is 39.1 Å². The number of likely N-dealkylation sites (tertiary alicyclic amines) is 1. The van der Waals surface area contributed by atoms with Gasteiger partial charge in [-0.3, -0.25) is 10.1 Å². The first-order valence-electron chi connectivity index (χ1n) is 12.5. The summed E-state index contributed by atoms with van der Waals surface area (Å²) in [5, 5.41) is 5.03. The summed E-state index contributed by atoms with van der Waals surface area (Å²) in [5.74, 6) is -4.72. The van der Waals surface area contributed by atoms with Crippen LogP contribution in [0, 0.1) is 11.8 Å². The molecule has 210 valence electrons. The van der Waals surface area contributed by atoms with Crippen LogP contribution in [0.25, 0.3) is 0 Å². The highest BCUT2D eigenvalue weighted by molar-refractivity contribution is 5.91. The molecular formula is C24H38F3N4O6+. The van der Waals surface area contributed by atoms with E-state index in [-0.39, 0.29) is 6.54 Å². The van der Waals surface area contributed by atoms with Crippen molar-refractivity contribution in [1.82, 2.24) is 15.5 Å². The normalized spacial score (nSPS) is 24.0. The number of nitrogens with one attached hydrogen (secondary N) is 2. The Hall–Kier alpha value is -2.67. The molecule has 2 heterocycles. The second kappa shape index (κ2) is 12.2. The van der Waals surface area contributed by atoms with Gasteiger partial charge in [-0.1, -0.05) is 27.7 Å². The lowest BCUT2D eigenvalue weighted by atomic mass is 10.0. The molecule has 0 saturated carbocycles. The van der Waals surface area contributed by atoms with Gasteiger partial charge in [-0.15, -0.1) is 0 Å². The van der Waals surface area contributed by atoms with Crippen molar-refractivity contribution >= 4 is 23.9 Å². The molecule has 0 aromatic heterocycles. The number of ether oxygens (including phenoxy) is 2. The van der Waals surface area contributed by atoms with Crippen LogP contribution in [-0.4, -0.2) is 84.4 Å². The van der Waals surface area contributed by atoms with E-state index in [1.165, 1.54) is 18.7 Å². The number of urea groups is 2. The fourth-order valence-corrected chi connectivity index (χ4v) is 4.65. The van der Waals surface area contributed by atoms with Gasteiger partial charge in [0.15, 0.2) is 0 Å². The number of allylic oxidation sites excluding steroid dienone is 2. The fraction of sp³-hybridized carbons (Fsp3) is 0.750. The summed E-state index contributed by atoms with van der Waals surface area (Å²) < 4.78 is 50.3. The molecule has 0 aromatic rings. The number of esters is 1. The lowest BCUT2D eigenvalue weighted by Gasteiger charge is -2.38. The van der Waals surface area contributed by atoms with Crippen LogP contribution in [0.5, 0.6) is 0 Å². The molecule has 0 bridgehead atoms. The minimum absolute atomic E-state index is 0.0583. The van der Waals surface area contributed by atoms with E-state index in [4.69, 9.17) is 4.74 Å². The number of quaternary nitrogens is 1. The molecule has 0 radical (unpaired) electrons. The van der Waals surface area contributed by atoms with Gasteiger partial charge < -0.3 is 19.7 Å². The van der Waals surface area contributed by atoms with Gasteiger partial charge in [0.25, 0.3) is 0 Å². The third-order valence-electron chi connectivity index (χ3n) is 6.72. The van der Waals surface area contributed by atoms with Gasteiger partial charge in [0, 0.05) is 32.9 Å². The zero-order valence-electron chi connectivity index (χ0n) is 22.2. The highest BCUT2D eigenvalue weighted by Crippen LogP contribution is 2.34. The number of hydrogen-bond acceptors (Lipinski definition) is 6. The summed E-state index contributed by atoms with van der Waals surface area (Å²) in [6.45, 7) is 10.2. The molecule has 0 spiro atoms. The Balaban J connectivity index is 2.46. The molecular weight excluding hydrogens is 497 g/mol. The van der Waals surface area contributed by atoms with Crippen LogP contribution in [0.2, 0.25) is 0 Å². The number of imide groups is 1. The van der Waals surface area contributed by atoms with Crippen molar-refractivity contribution in [3.63, 3.8) is 0 Å². The number of morpholine rings is 1. The van der Waals surface area contributed by atoms with Gasteiger partial charge in [-0.05, 0) is 18.8 Å². The molecule has 10 nitrogen and oxygen atoms in total. The van der Waals surface area contributed by atoms with Crippen molar-refractivity contribution in [2.75, 3.05) is 32.8 Å². The molecule has 1 unspecified atom stereocenters. The molecule has 2 aliphatic heterocycles. The quantitative estimate of drug-likeness (QED) is 0.307. The smallest absolute Gasteiger partial charge is 0.420 e. The first-order chi connectivity index (χ1) is 17.1. The number of carbonyl (C=O) groups excluding carboxylic acids is 4. The topological polar surface area (TPSA) is 114 Å². The van der Waals surface area contributed by atoms with E-state index in [9.17, 15) is 32.3 Å². The molecule has 2 fully saturated rings. The van der Waals surface area contributed by atoms with E-state index in [2.05, 4.69) is 15.4 Å². The molecule has 0 aliphatic carbocycles. The Morgan fingerprint density at radius 3 is 2.11 bits per heavy atom. The molecule has 0 aromatic carbocycles. The van der Waals surface area contributed by atoms with Gasteiger partial charge in [-0.2, -0.15) is 17.7 Å². The lowest BCUT2D eigenvalue weighted by molar-refractivity contribution is -0.785. The first kappa shape index (κ1) is 30.6.